The number of aliphatic hydroxyl groups is 1. The van der Waals surface area contributed by atoms with Crippen LogP contribution in [0.25, 0.3) is 0 Å². The number of rotatable bonds is 6. The van der Waals surface area contributed by atoms with Gasteiger partial charge in [-0.1, -0.05) is 37.0 Å². The lowest BCUT2D eigenvalue weighted by Gasteiger charge is -2.43. The number of hydrogen-bond donors (Lipinski definition) is 2. The smallest absolute Gasteiger partial charge is 0.243 e. The van der Waals surface area contributed by atoms with Gasteiger partial charge in [-0.3, -0.25) is 4.79 Å². The Bertz CT molecular complexity index is 916. The van der Waals surface area contributed by atoms with Gasteiger partial charge in [-0.15, -0.1) is 0 Å². The summed E-state index contributed by atoms with van der Waals surface area (Å²) in [5.41, 5.74) is 0.975. The molecule has 9 heteroatoms. The molecular weight excluding hydrogens is 456 g/mol. The lowest BCUT2D eigenvalue weighted by atomic mass is 9.89. The third-order valence-electron chi connectivity index (χ3n) is 7.29. The fourth-order valence-electron chi connectivity index (χ4n) is 5.34. The summed E-state index contributed by atoms with van der Waals surface area (Å²) in [6, 6.07) is 6.29. The van der Waals surface area contributed by atoms with Crippen LogP contribution in [-0.4, -0.2) is 74.4 Å². The van der Waals surface area contributed by atoms with Gasteiger partial charge in [0.05, 0.1) is 48.9 Å². The molecule has 4 atom stereocenters. The van der Waals surface area contributed by atoms with E-state index in [-0.39, 0.29) is 43.1 Å². The number of sulfonamides is 1. The minimum atomic E-state index is -3.82. The van der Waals surface area contributed by atoms with Gasteiger partial charge in [-0.25, -0.2) is 8.42 Å². The van der Waals surface area contributed by atoms with Crippen LogP contribution in [0, 0.1) is 12.8 Å². The Labute approximate surface area is 203 Å². The van der Waals surface area contributed by atoms with Crippen molar-refractivity contribution >= 4 is 15.9 Å². The first kappa shape index (κ1) is 25.6. The highest BCUT2D eigenvalue weighted by molar-refractivity contribution is 7.89. The highest BCUT2D eigenvalue weighted by Gasteiger charge is 2.43. The maximum absolute atomic E-state index is 13.5. The van der Waals surface area contributed by atoms with E-state index in [0.717, 1.165) is 12.1 Å². The molecule has 8 nitrogen and oxygen atoms in total. The molecule has 190 valence electrons. The Morgan fingerprint density at radius 3 is 2.56 bits per heavy atom. The number of β-amino-alcohol motifs (C(OH)–C–C–N with tert-alkyl or cyclic N) is 1. The lowest BCUT2D eigenvalue weighted by molar-refractivity contribution is -0.146. The molecule has 0 aromatic heterocycles. The zero-order valence-electron chi connectivity index (χ0n) is 20.0. The van der Waals surface area contributed by atoms with E-state index in [9.17, 15) is 18.3 Å². The number of aliphatic hydroxyl groups excluding tert-OH is 1. The average molecular weight is 495 g/mol. The minimum absolute atomic E-state index is 0.0136. The number of hydrogen-bond acceptors (Lipinski definition) is 6. The normalized spacial score (nSPS) is 29.6. The third kappa shape index (κ3) is 6.37. The van der Waals surface area contributed by atoms with Gasteiger partial charge in [0, 0.05) is 13.1 Å². The first-order valence-corrected chi connectivity index (χ1v) is 14.0. The molecule has 0 bridgehead atoms. The summed E-state index contributed by atoms with van der Waals surface area (Å²) in [6.45, 7) is 2.80. The first-order chi connectivity index (χ1) is 16.3. The van der Waals surface area contributed by atoms with Gasteiger partial charge in [0.2, 0.25) is 15.9 Å². The first-order valence-electron chi connectivity index (χ1n) is 12.6. The fraction of sp³-hybridized carbons (Fsp3) is 0.720. The second kappa shape index (κ2) is 11.5. The summed E-state index contributed by atoms with van der Waals surface area (Å²) in [7, 11) is -3.82. The standard InChI is InChI=1S/C25H38N2O6S/c1-18-7-10-22(11-8-18)34(30,31)27-15-20(28)16-32-17-24-23(27)12-9-21(33-24)13-25(29)26-14-19-5-3-2-4-6-19/h7-8,10-11,19-21,23-24,28H,2-6,9,12-17H2,1H3,(H,26,29)/t20-,21+,23+,24-/m1/s1. The van der Waals surface area contributed by atoms with E-state index in [1.165, 1.54) is 36.4 Å². The van der Waals surface area contributed by atoms with Crippen LogP contribution in [0.4, 0.5) is 0 Å². The highest BCUT2D eigenvalue weighted by atomic mass is 32.2. The second-order valence-corrected chi connectivity index (χ2v) is 11.9. The van der Waals surface area contributed by atoms with E-state index in [0.29, 0.717) is 18.8 Å². The van der Waals surface area contributed by atoms with Crippen molar-refractivity contribution in [2.45, 2.75) is 87.5 Å². The van der Waals surface area contributed by atoms with Gasteiger partial charge >= 0.3 is 0 Å². The van der Waals surface area contributed by atoms with Gasteiger partial charge < -0.3 is 19.9 Å². The number of benzene rings is 1. The molecule has 0 unspecified atom stereocenters. The Hall–Kier alpha value is -1.52. The maximum Gasteiger partial charge on any atom is 0.243 e. The van der Waals surface area contributed by atoms with Crippen LogP contribution in [0.2, 0.25) is 0 Å². The van der Waals surface area contributed by atoms with Crippen molar-refractivity contribution in [3.63, 3.8) is 0 Å². The van der Waals surface area contributed by atoms with Crippen LogP contribution in [0.15, 0.2) is 29.2 Å². The minimum Gasteiger partial charge on any atom is -0.389 e. The molecule has 1 saturated carbocycles. The van der Waals surface area contributed by atoms with E-state index in [1.54, 1.807) is 24.3 Å². The predicted octanol–water partition coefficient (Wildman–Crippen LogP) is 2.38. The number of carbonyl (C=O) groups excluding carboxylic acids is 1. The molecule has 2 aliphatic heterocycles. The topological polar surface area (TPSA) is 105 Å². The Morgan fingerprint density at radius 1 is 1.09 bits per heavy atom. The summed E-state index contributed by atoms with van der Waals surface area (Å²) in [4.78, 5) is 12.8. The summed E-state index contributed by atoms with van der Waals surface area (Å²) >= 11 is 0. The predicted molar refractivity (Wildman–Crippen MR) is 128 cm³/mol. The van der Waals surface area contributed by atoms with Crippen LogP contribution in [-0.2, 0) is 24.3 Å². The van der Waals surface area contributed by atoms with Gasteiger partial charge in [0.25, 0.3) is 0 Å². The molecule has 2 heterocycles. The maximum atomic E-state index is 13.5. The molecular formula is C25H38N2O6S. The molecule has 4 rings (SSSR count). The van der Waals surface area contributed by atoms with Gasteiger partial charge in [0.1, 0.15) is 0 Å². The SMILES string of the molecule is Cc1ccc(S(=O)(=O)N2C[C@@H](O)COC[C@H]3O[C@H](CC(=O)NCC4CCCCC4)CC[C@@H]32)cc1. The summed E-state index contributed by atoms with van der Waals surface area (Å²) < 4.78 is 40.3. The van der Waals surface area contributed by atoms with E-state index in [4.69, 9.17) is 9.47 Å². The zero-order valence-corrected chi connectivity index (χ0v) is 20.8. The molecule has 1 aromatic carbocycles. The van der Waals surface area contributed by atoms with E-state index in [2.05, 4.69) is 5.32 Å². The summed E-state index contributed by atoms with van der Waals surface area (Å²) in [5, 5.41) is 13.4. The van der Waals surface area contributed by atoms with Crippen LogP contribution >= 0.6 is 0 Å². The molecule has 2 N–H and O–H groups in total. The zero-order chi connectivity index (χ0) is 24.1. The fourth-order valence-corrected chi connectivity index (χ4v) is 7.06. The van der Waals surface area contributed by atoms with Crippen molar-refractivity contribution in [1.82, 2.24) is 9.62 Å². The molecule has 1 amide bonds. The van der Waals surface area contributed by atoms with E-state index >= 15 is 0 Å². The molecule has 2 saturated heterocycles. The third-order valence-corrected chi connectivity index (χ3v) is 9.19. The molecule has 34 heavy (non-hydrogen) atoms. The monoisotopic (exact) mass is 494 g/mol. The molecule has 0 spiro atoms. The van der Waals surface area contributed by atoms with Crippen molar-refractivity contribution in [3.05, 3.63) is 29.8 Å². The van der Waals surface area contributed by atoms with Crippen molar-refractivity contribution in [2.75, 3.05) is 26.3 Å². The number of nitrogens with zero attached hydrogens (tertiary/aromatic N) is 1. The van der Waals surface area contributed by atoms with Gasteiger partial charge in [-0.2, -0.15) is 4.31 Å². The van der Waals surface area contributed by atoms with Crippen molar-refractivity contribution in [1.29, 1.82) is 0 Å². The summed E-state index contributed by atoms with van der Waals surface area (Å²) in [5.74, 6) is 0.556. The Kier molecular flexibility index (Phi) is 8.63. The molecule has 0 radical (unpaired) electrons. The Morgan fingerprint density at radius 2 is 1.82 bits per heavy atom. The van der Waals surface area contributed by atoms with E-state index < -0.39 is 28.3 Å². The van der Waals surface area contributed by atoms with Crippen LogP contribution in [0.5, 0.6) is 0 Å². The molecule has 1 aliphatic carbocycles. The Balaban J connectivity index is 1.40. The number of fused-ring (bicyclic) bond motifs is 1. The number of aryl methyl sites for hydroxylation is 1. The van der Waals surface area contributed by atoms with Crippen molar-refractivity contribution < 1.29 is 27.8 Å². The number of carbonyl (C=O) groups is 1. The lowest BCUT2D eigenvalue weighted by Crippen LogP contribution is -2.57. The highest BCUT2D eigenvalue weighted by Crippen LogP contribution is 2.31. The second-order valence-electron chi connectivity index (χ2n) is 10.0. The summed E-state index contributed by atoms with van der Waals surface area (Å²) in [6.07, 6.45) is 5.85. The molecule has 1 aromatic rings. The largest absolute Gasteiger partial charge is 0.389 e. The van der Waals surface area contributed by atoms with Gasteiger partial charge in [0.15, 0.2) is 0 Å². The van der Waals surface area contributed by atoms with Crippen LogP contribution in [0.3, 0.4) is 0 Å². The van der Waals surface area contributed by atoms with E-state index in [1.807, 2.05) is 6.92 Å². The molecule has 3 aliphatic rings. The van der Waals surface area contributed by atoms with Crippen molar-refractivity contribution in [3.8, 4) is 0 Å². The van der Waals surface area contributed by atoms with Gasteiger partial charge in [-0.05, 0) is 50.7 Å². The van der Waals surface area contributed by atoms with Crippen LogP contribution < -0.4 is 5.32 Å². The average Bonchev–Trinajstić information content (AvgIpc) is 2.81. The number of nitrogens with one attached hydrogen (secondary N) is 1. The number of ether oxygens (including phenoxy) is 2. The van der Waals surface area contributed by atoms with Crippen LogP contribution in [0.1, 0.15) is 56.9 Å². The molecule has 3 fully saturated rings. The van der Waals surface area contributed by atoms with Crippen molar-refractivity contribution in [2.24, 2.45) is 5.92 Å². The number of amides is 1. The quantitative estimate of drug-likeness (QED) is 0.629.